The quantitative estimate of drug-likeness (QED) is 0.697. The van der Waals surface area contributed by atoms with Gasteiger partial charge in [-0.25, -0.2) is 12.7 Å². The third kappa shape index (κ3) is 1.79. The molecule has 0 N–H and O–H groups in total. The molecule has 6 heteroatoms. The van der Waals surface area contributed by atoms with Crippen LogP contribution in [0.1, 0.15) is 50.3 Å². The molecule has 5 atom stereocenters. The summed E-state index contributed by atoms with van der Waals surface area (Å²) in [6.45, 7) is 4.40. The van der Waals surface area contributed by atoms with E-state index in [1.165, 1.54) is 4.31 Å². The van der Waals surface area contributed by atoms with E-state index in [0.717, 1.165) is 30.4 Å². The molecule has 142 valence electrons. The summed E-state index contributed by atoms with van der Waals surface area (Å²) >= 11 is 0. The first-order chi connectivity index (χ1) is 12.8. The van der Waals surface area contributed by atoms with Crippen LogP contribution in [-0.2, 0) is 19.6 Å². The molecule has 1 aromatic carbocycles. The number of carbonyl (C=O) groups is 1. The van der Waals surface area contributed by atoms with Gasteiger partial charge in [-0.15, -0.1) is 0 Å². The van der Waals surface area contributed by atoms with Gasteiger partial charge in [0.05, 0.1) is 11.8 Å². The van der Waals surface area contributed by atoms with Crippen LogP contribution in [0, 0.1) is 16.7 Å². The lowest BCUT2D eigenvalue weighted by Gasteiger charge is -2.37. The van der Waals surface area contributed by atoms with E-state index in [9.17, 15) is 13.2 Å². The van der Waals surface area contributed by atoms with E-state index in [1.807, 2.05) is 30.3 Å². The van der Waals surface area contributed by atoms with Gasteiger partial charge in [0.1, 0.15) is 12.2 Å². The highest BCUT2D eigenvalue weighted by Gasteiger charge is 2.72. The lowest BCUT2D eigenvalue weighted by atomic mass is 9.69. The molecule has 5 aliphatic rings. The van der Waals surface area contributed by atoms with Gasteiger partial charge in [0.2, 0.25) is 10.0 Å². The van der Waals surface area contributed by atoms with E-state index in [0.29, 0.717) is 11.5 Å². The van der Waals surface area contributed by atoms with E-state index in [-0.39, 0.29) is 40.7 Å². The predicted octanol–water partition coefficient (Wildman–Crippen LogP) is 2.89. The van der Waals surface area contributed by atoms with Crippen molar-refractivity contribution < 1.29 is 17.9 Å². The number of fused-ring (bicyclic) bond motifs is 4. The number of benzene rings is 1. The minimum Gasteiger partial charge on any atom is -0.360 e. The summed E-state index contributed by atoms with van der Waals surface area (Å²) in [7, 11) is -3.61. The number of sulfonamides is 1. The standard InChI is InChI=1S/C21H23NO4S/c1-20(2)12-7-8-21(20)11-27(24,25)22(17(21)9-12)19(23)15-10-16-18(26-16)14-6-4-3-5-13(14)15/h3-6,10,12,16-18H,7-9,11H2,1-2H3/t12-,16+,17-,18-,21-/m1/s1. The summed E-state index contributed by atoms with van der Waals surface area (Å²) in [6, 6.07) is 7.50. The Morgan fingerprint density at radius 3 is 2.81 bits per heavy atom. The van der Waals surface area contributed by atoms with E-state index < -0.39 is 10.0 Å². The van der Waals surface area contributed by atoms with Crippen molar-refractivity contribution >= 4 is 21.5 Å². The molecule has 0 unspecified atom stereocenters. The molecule has 2 aliphatic heterocycles. The Morgan fingerprint density at radius 1 is 1.26 bits per heavy atom. The minimum atomic E-state index is -3.61. The normalized spacial score (nSPS) is 41.6. The maximum absolute atomic E-state index is 13.6. The molecule has 1 spiro atoms. The van der Waals surface area contributed by atoms with E-state index in [1.54, 1.807) is 0 Å². The molecule has 2 saturated heterocycles. The first-order valence-electron chi connectivity index (χ1n) is 9.79. The number of amides is 1. The van der Waals surface area contributed by atoms with Crippen LogP contribution in [0.2, 0.25) is 0 Å². The van der Waals surface area contributed by atoms with Gasteiger partial charge in [-0.3, -0.25) is 4.79 Å². The molecule has 0 radical (unpaired) electrons. The molecule has 2 heterocycles. The summed E-state index contributed by atoms with van der Waals surface area (Å²) in [4.78, 5) is 13.6. The molecule has 27 heavy (non-hydrogen) atoms. The second-order valence-electron chi connectivity index (χ2n) is 9.41. The largest absolute Gasteiger partial charge is 0.360 e. The summed E-state index contributed by atoms with van der Waals surface area (Å²) in [5.74, 6) is 0.246. The predicted molar refractivity (Wildman–Crippen MR) is 100 cm³/mol. The molecule has 4 fully saturated rings. The number of epoxide rings is 1. The van der Waals surface area contributed by atoms with Gasteiger partial charge in [-0.1, -0.05) is 38.1 Å². The Bertz CT molecular complexity index is 1030. The van der Waals surface area contributed by atoms with E-state index in [4.69, 9.17) is 4.74 Å². The van der Waals surface area contributed by atoms with Crippen LogP contribution in [0.25, 0.3) is 5.57 Å². The SMILES string of the molecule is CC1(C)[C@@H]2CC[C@]13CS(=O)(=O)N(C(=O)C1=C[C@@H]4O[C@@H]4c4ccccc41)[C@@H]3C2. The lowest BCUT2D eigenvalue weighted by molar-refractivity contribution is -0.123. The number of carbonyl (C=O) groups excluding carboxylic acids is 1. The molecule has 2 bridgehead atoms. The van der Waals surface area contributed by atoms with E-state index >= 15 is 0 Å². The van der Waals surface area contributed by atoms with Gasteiger partial charge in [-0.05, 0) is 47.8 Å². The van der Waals surface area contributed by atoms with Crippen molar-refractivity contribution in [1.82, 2.24) is 4.31 Å². The van der Waals surface area contributed by atoms with Crippen molar-refractivity contribution in [3.63, 3.8) is 0 Å². The average Bonchev–Trinajstić information content (AvgIpc) is 3.26. The van der Waals surface area contributed by atoms with Crippen LogP contribution >= 0.6 is 0 Å². The third-order valence-electron chi connectivity index (χ3n) is 8.26. The van der Waals surface area contributed by atoms with Gasteiger partial charge in [0.25, 0.3) is 5.91 Å². The molecule has 3 aliphatic carbocycles. The van der Waals surface area contributed by atoms with Crippen LogP contribution in [0.5, 0.6) is 0 Å². The van der Waals surface area contributed by atoms with Crippen LogP contribution in [-0.4, -0.2) is 36.5 Å². The molecule has 0 aromatic heterocycles. The molecule has 1 amide bonds. The molecule has 5 nitrogen and oxygen atoms in total. The molecule has 2 saturated carbocycles. The van der Waals surface area contributed by atoms with Crippen molar-refractivity contribution in [2.45, 2.75) is 51.4 Å². The fourth-order valence-electron chi connectivity index (χ4n) is 6.61. The molecular formula is C21H23NO4S. The maximum atomic E-state index is 13.6. The zero-order chi connectivity index (χ0) is 18.8. The van der Waals surface area contributed by atoms with Gasteiger partial charge in [-0.2, -0.15) is 0 Å². The first kappa shape index (κ1) is 16.3. The Kier molecular flexibility index (Phi) is 2.81. The van der Waals surface area contributed by atoms with Crippen molar-refractivity contribution in [1.29, 1.82) is 0 Å². The Morgan fingerprint density at radius 2 is 2.04 bits per heavy atom. The van der Waals surface area contributed by atoms with E-state index in [2.05, 4.69) is 13.8 Å². The van der Waals surface area contributed by atoms with Crippen LogP contribution in [0.4, 0.5) is 0 Å². The summed E-state index contributed by atoms with van der Waals surface area (Å²) in [5.41, 5.74) is 1.97. The fourth-order valence-corrected chi connectivity index (χ4v) is 9.13. The van der Waals surface area contributed by atoms with Crippen molar-refractivity contribution in [3.8, 4) is 0 Å². The Hall–Kier alpha value is -1.66. The highest BCUT2D eigenvalue weighted by molar-refractivity contribution is 7.90. The van der Waals surface area contributed by atoms with Crippen molar-refractivity contribution in [2.24, 2.45) is 16.7 Å². The lowest BCUT2D eigenvalue weighted by Crippen LogP contribution is -2.44. The smallest absolute Gasteiger partial charge is 0.268 e. The van der Waals surface area contributed by atoms with Crippen molar-refractivity contribution in [3.05, 3.63) is 41.5 Å². The summed E-state index contributed by atoms with van der Waals surface area (Å²) in [6.07, 6.45) is 4.52. The number of hydrogen-bond acceptors (Lipinski definition) is 4. The topological polar surface area (TPSA) is 67.0 Å². The van der Waals surface area contributed by atoms with Crippen molar-refractivity contribution in [2.75, 3.05) is 5.75 Å². The second-order valence-corrected chi connectivity index (χ2v) is 11.3. The number of hydrogen-bond donors (Lipinski definition) is 0. The van der Waals surface area contributed by atoms with Crippen LogP contribution < -0.4 is 0 Å². The summed E-state index contributed by atoms with van der Waals surface area (Å²) < 4.78 is 33.3. The Labute approximate surface area is 159 Å². The summed E-state index contributed by atoms with van der Waals surface area (Å²) in [5, 5.41) is 0. The van der Waals surface area contributed by atoms with Crippen LogP contribution in [0.3, 0.4) is 0 Å². The second kappa shape index (κ2) is 4.66. The highest BCUT2D eigenvalue weighted by Crippen LogP contribution is 2.70. The monoisotopic (exact) mass is 385 g/mol. The zero-order valence-corrected chi connectivity index (χ0v) is 16.3. The van der Waals surface area contributed by atoms with Gasteiger partial charge in [0.15, 0.2) is 0 Å². The van der Waals surface area contributed by atoms with Gasteiger partial charge in [0, 0.05) is 11.0 Å². The number of nitrogens with zero attached hydrogens (tertiary/aromatic N) is 1. The molecular weight excluding hydrogens is 362 g/mol. The zero-order valence-electron chi connectivity index (χ0n) is 15.5. The Balaban J connectivity index is 1.46. The average molecular weight is 385 g/mol. The third-order valence-corrected chi connectivity index (χ3v) is 10.2. The molecule has 6 rings (SSSR count). The first-order valence-corrected chi connectivity index (χ1v) is 11.4. The molecule has 1 aromatic rings. The van der Waals surface area contributed by atoms with Gasteiger partial charge < -0.3 is 4.74 Å². The van der Waals surface area contributed by atoms with Crippen LogP contribution in [0.15, 0.2) is 30.3 Å². The van der Waals surface area contributed by atoms with Gasteiger partial charge >= 0.3 is 0 Å². The highest BCUT2D eigenvalue weighted by atomic mass is 32.2. The number of ether oxygens (including phenoxy) is 1. The number of rotatable bonds is 1. The minimum absolute atomic E-state index is 0.0145. The maximum Gasteiger partial charge on any atom is 0.268 e. The fraction of sp³-hybridized carbons (Fsp3) is 0.571.